The maximum absolute atomic E-state index is 5.50. The van der Waals surface area contributed by atoms with Gasteiger partial charge in [0.1, 0.15) is 5.82 Å². The number of aromatic nitrogens is 1. The first-order valence-electron chi connectivity index (χ1n) is 7.70. The van der Waals surface area contributed by atoms with Gasteiger partial charge in [0, 0.05) is 43.5 Å². The summed E-state index contributed by atoms with van der Waals surface area (Å²) in [6, 6.07) is 2.30. The lowest BCUT2D eigenvalue weighted by Crippen LogP contribution is -2.59. The third kappa shape index (κ3) is 2.44. The van der Waals surface area contributed by atoms with E-state index in [0.717, 1.165) is 26.3 Å². The average molecular weight is 274 g/mol. The second kappa shape index (κ2) is 4.73. The van der Waals surface area contributed by atoms with E-state index in [0.29, 0.717) is 5.41 Å². The number of ether oxygens (including phenoxy) is 1. The third-order valence-corrected chi connectivity index (χ3v) is 4.72. The van der Waals surface area contributed by atoms with Gasteiger partial charge in [-0.15, -0.1) is 0 Å². The van der Waals surface area contributed by atoms with Crippen molar-refractivity contribution in [1.29, 1.82) is 0 Å². The maximum Gasteiger partial charge on any atom is 0.132 e. The van der Waals surface area contributed by atoms with Crippen LogP contribution < -0.4 is 4.90 Å². The topological polar surface area (TPSA) is 25.4 Å². The Morgan fingerprint density at radius 1 is 1.20 bits per heavy atom. The predicted molar refractivity (Wildman–Crippen MR) is 82.4 cm³/mol. The molecule has 0 saturated carbocycles. The van der Waals surface area contributed by atoms with Gasteiger partial charge in [-0.1, -0.05) is 26.8 Å². The quantitative estimate of drug-likeness (QED) is 0.785. The van der Waals surface area contributed by atoms with Crippen LogP contribution in [0.4, 0.5) is 5.82 Å². The SMILES string of the molecule is Cc1cnc(N2CC3(CCOCC3)C2)c(C(C)(C)C)c1. The fourth-order valence-corrected chi connectivity index (χ4v) is 3.40. The molecule has 3 nitrogen and oxygen atoms in total. The van der Waals surface area contributed by atoms with Gasteiger partial charge in [-0.3, -0.25) is 0 Å². The molecule has 0 radical (unpaired) electrons. The van der Waals surface area contributed by atoms with Crippen LogP contribution in [0.3, 0.4) is 0 Å². The molecule has 3 rings (SSSR count). The number of nitrogens with zero attached hydrogens (tertiary/aromatic N) is 2. The molecular formula is C17H26N2O. The summed E-state index contributed by atoms with van der Waals surface area (Å²) in [7, 11) is 0. The molecule has 2 saturated heterocycles. The van der Waals surface area contributed by atoms with Crippen LogP contribution in [0, 0.1) is 12.3 Å². The molecule has 0 bridgehead atoms. The molecule has 0 aromatic carbocycles. The number of hydrogen-bond donors (Lipinski definition) is 0. The molecule has 0 unspecified atom stereocenters. The lowest BCUT2D eigenvalue weighted by Gasteiger charge is -2.53. The van der Waals surface area contributed by atoms with Crippen LogP contribution in [-0.4, -0.2) is 31.3 Å². The van der Waals surface area contributed by atoms with E-state index in [1.54, 1.807) is 0 Å². The van der Waals surface area contributed by atoms with Gasteiger partial charge in [0.2, 0.25) is 0 Å². The highest BCUT2D eigenvalue weighted by Crippen LogP contribution is 2.43. The van der Waals surface area contributed by atoms with Crippen molar-refractivity contribution in [1.82, 2.24) is 4.98 Å². The van der Waals surface area contributed by atoms with Gasteiger partial charge in [-0.05, 0) is 30.7 Å². The van der Waals surface area contributed by atoms with Gasteiger partial charge in [0.25, 0.3) is 0 Å². The summed E-state index contributed by atoms with van der Waals surface area (Å²) in [5, 5.41) is 0. The van der Waals surface area contributed by atoms with Gasteiger partial charge in [0.15, 0.2) is 0 Å². The van der Waals surface area contributed by atoms with Gasteiger partial charge in [0.05, 0.1) is 0 Å². The molecule has 3 heteroatoms. The summed E-state index contributed by atoms with van der Waals surface area (Å²) >= 11 is 0. The largest absolute Gasteiger partial charge is 0.381 e. The summed E-state index contributed by atoms with van der Waals surface area (Å²) in [6.07, 6.45) is 4.42. The zero-order chi connectivity index (χ0) is 14.4. The standard InChI is InChI=1S/C17H26N2O/c1-13-9-14(16(2,3)4)15(18-10-13)19-11-17(12-19)5-7-20-8-6-17/h9-10H,5-8,11-12H2,1-4H3. The van der Waals surface area contributed by atoms with Gasteiger partial charge < -0.3 is 9.64 Å². The van der Waals surface area contributed by atoms with Crippen LogP contribution in [0.25, 0.3) is 0 Å². The number of aryl methyl sites for hydroxylation is 1. The van der Waals surface area contributed by atoms with Gasteiger partial charge in [-0.25, -0.2) is 4.98 Å². The Bertz CT molecular complexity index is 490. The number of hydrogen-bond acceptors (Lipinski definition) is 3. The Labute approximate surface area is 122 Å². The molecule has 0 atom stereocenters. The van der Waals surface area contributed by atoms with Gasteiger partial charge in [-0.2, -0.15) is 0 Å². The summed E-state index contributed by atoms with van der Waals surface area (Å²) in [4.78, 5) is 7.20. The molecule has 2 aliphatic heterocycles. The zero-order valence-electron chi connectivity index (χ0n) is 13.2. The monoisotopic (exact) mass is 274 g/mol. The molecule has 110 valence electrons. The van der Waals surface area contributed by atoms with Crippen LogP contribution in [-0.2, 0) is 10.2 Å². The lowest BCUT2D eigenvalue weighted by molar-refractivity contribution is -0.000560. The van der Waals surface area contributed by atoms with Crippen molar-refractivity contribution in [3.05, 3.63) is 23.4 Å². The van der Waals surface area contributed by atoms with Crippen LogP contribution in [0.15, 0.2) is 12.3 Å². The normalized spacial score (nSPS) is 21.9. The van der Waals surface area contributed by atoms with Crippen LogP contribution in [0.1, 0.15) is 44.7 Å². The van der Waals surface area contributed by atoms with Crippen molar-refractivity contribution in [2.45, 2.75) is 46.0 Å². The van der Waals surface area contributed by atoms with E-state index in [4.69, 9.17) is 9.72 Å². The molecule has 1 aromatic heterocycles. The zero-order valence-corrected chi connectivity index (χ0v) is 13.2. The van der Waals surface area contributed by atoms with Crippen molar-refractivity contribution in [3.63, 3.8) is 0 Å². The summed E-state index contributed by atoms with van der Waals surface area (Å²) < 4.78 is 5.50. The minimum Gasteiger partial charge on any atom is -0.381 e. The fraction of sp³-hybridized carbons (Fsp3) is 0.706. The first-order valence-corrected chi connectivity index (χ1v) is 7.70. The highest BCUT2D eigenvalue weighted by molar-refractivity contribution is 5.54. The molecule has 0 N–H and O–H groups in total. The van der Waals surface area contributed by atoms with Crippen molar-refractivity contribution in [2.75, 3.05) is 31.2 Å². The average Bonchev–Trinajstić information content (AvgIpc) is 2.36. The van der Waals surface area contributed by atoms with E-state index in [9.17, 15) is 0 Å². The second-order valence-corrected chi connectivity index (χ2v) is 7.60. The lowest BCUT2D eigenvalue weighted by atomic mass is 9.73. The van der Waals surface area contributed by atoms with E-state index >= 15 is 0 Å². The van der Waals surface area contributed by atoms with Gasteiger partial charge >= 0.3 is 0 Å². The number of anilines is 1. The maximum atomic E-state index is 5.50. The van der Waals surface area contributed by atoms with Crippen molar-refractivity contribution in [2.24, 2.45) is 5.41 Å². The molecular weight excluding hydrogens is 248 g/mol. The van der Waals surface area contributed by atoms with E-state index in [2.05, 4.69) is 38.7 Å². The highest BCUT2D eigenvalue weighted by Gasteiger charge is 2.45. The predicted octanol–water partition coefficient (Wildman–Crippen LogP) is 3.30. The Morgan fingerprint density at radius 2 is 1.85 bits per heavy atom. The molecule has 1 aromatic rings. The molecule has 1 spiro atoms. The minimum atomic E-state index is 0.146. The fourth-order valence-electron chi connectivity index (χ4n) is 3.40. The van der Waals surface area contributed by atoms with Crippen molar-refractivity contribution >= 4 is 5.82 Å². The van der Waals surface area contributed by atoms with E-state index in [-0.39, 0.29) is 5.41 Å². The molecule has 2 aliphatic rings. The molecule has 0 amide bonds. The van der Waals surface area contributed by atoms with Crippen molar-refractivity contribution < 1.29 is 4.74 Å². The first-order chi connectivity index (χ1) is 9.40. The van der Waals surface area contributed by atoms with Crippen LogP contribution >= 0.6 is 0 Å². The second-order valence-electron chi connectivity index (χ2n) is 7.60. The Hall–Kier alpha value is -1.09. The van der Waals surface area contributed by atoms with Crippen LogP contribution in [0.2, 0.25) is 0 Å². The van der Waals surface area contributed by atoms with E-state index < -0.39 is 0 Å². The first kappa shape index (κ1) is 13.9. The smallest absolute Gasteiger partial charge is 0.132 e. The van der Waals surface area contributed by atoms with E-state index in [1.807, 2.05) is 6.20 Å². The Morgan fingerprint density at radius 3 is 2.45 bits per heavy atom. The highest BCUT2D eigenvalue weighted by atomic mass is 16.5. The number of pyridine rings is 1. The summed E-state index contributed by atoms with van der Waals surface area (Å²) in [6.45, 7) is 13.1. The minimum absolute atomic E-state index is 0.146. The third-order valence-electron chi connectivity index (χ3n) is 4.72. The number of rotatable bonds is 1. The Kier molecular flexibility index (Phi) is 3.28. The summed E-state index contributed by atoms with van der Waals surface area (Å²) in [5.41, 5.74) is 3.27. The Balaban J connectivity index is 1.82. The molecule has 20 heavy (non-hydrogen) atoms. The molecule has 3 heterocycles. The van der Waals surface area contributed by atoms with E-state index in [1.165, 1.54) is 29.8 Å². The molecule has 2 fully saturated rings. The summed E-state index contributed by atoms with van der Waals surface area (Å²) in [5.74, 6) is 1.19. The van der Waals surface area contributed by atoms with Crippen molar-refractivity contribution in [3.8, 4) is 0 Å². The van der Waals surface area contributed by atoms with Crippen LogP contribution in [0.5, 0.6) is 0 Å². The molecule has 0 aliphatic carbocycles.